The summed E-state index contributed by atoms with van der Waals surface area (Å²) in [6, 6.07) is 15.6. The van der Waals surface area contributed by atoms with E-state index >= 15 is 0 Å². The van der Waals surface area contributed by atoms with E-state index < -0.39 is 0 Å². The number of hydrogen-bond acceptors (Lipinski definition) is 2. The largest absolute Gasteiger partial charge is 0.345 e. The number of Topliss-reactive ketones (excluding diaryl/α,β-unsaturated/α-hetero) is 1. The number of benzene rings is 2. The molecular formula is C21H22ClNO2. The highest BCUT2D eigenvalue weighted by molar-refractivity contribution is 6.30. The van der Waals surface area contributed by atoms with Gasteiger partial charge in [0, 0.05) is 37.4 Å². The van der Waals surface area contributed by atoms with Gasteiger partial charge >= 0.3 is 0 Å². The van der Waals surface area contributed by atoms with Gasteiger partial charge in [-0.3, -0.25) is 9.59 Å². The van der Waals surface area contributed by atoms with Gasteiger partial charge in [-0.1, -0.05) is 53.6 Å². The monoisotopic (exact) mass is 355 g/mol. The third kappa shape index (κ3) is 4.10. The van der Waals surface area contributed by atoms with Crippen molar-refractivity contribution >= 4 is 23.3 Å². The molecule has 1 amide bonds. The summed E-state index contributed by atoms with van der Waals surface area (Å²) in [5.74, 6) is -0.0390. The molecule has 130 valence electrons. The van der Waals surface area contributed by atoms with Crippen molar-refractivity contribution in [2.24, 2.45) is 5.92 Å². The highest BCUT2D eigenvalue weighted by Gasteiger charge is 2.40. The molecule has 2 aromatic rings. The van der Waals surface area contributed by atoms with Crippen LogP contribution in [0.5, 0.6) is 0 Å². The van der Waals surface area contributed by atoms with Gasteiger partial charge in [-0.05, 0) is 30.2 Å². The molecule has 4 heteroatoms. The Morgan fingerprint density at radius 1 is 1.12 bits per heavy atom. The molecule has 1 aliphatic heterocycles. The maximum atomic E-state index is 12.5. The van der Waals surface area contributed by atoms with Crippen LogP contribution in [0.15, 0.2) is 48.5 Å². The second kappa shape index (κ2) is 7.40. The van der Waals surface area contributed by atoms with Crippen molar-refractivity contribution in [2.75, 3.05) is 13.6 Å². The van der Waals surface area contributed by atoms with Crippen LogP contribution in [-0.4, -0.2) is 30.2 Å². The maximum absolute atomic E-state index is 12.5. The number of hydrogen-bond donors (Lipinski definition) is 0. The summed E-state index contributed by atoms with van der Waals surface area (Å²) in [6.07, 6.45) is 0.621. The van der Waals surface area contributed by atoms with Gasteiger partial charge in [-0.15, -0.1) is 0 Å². The Morgan fingerprint density at radius 2 is 1.76 bits per heavy atom. The van der Waals surface area contributed by atoms with Crippen LogP contribution in [0, 0.1) is 12.8 Å². The summed E-state index contributed by atoms with van der Waals surface area (Å²) in [5, 5.41) is 0.656. The summed E-state index contributed by atoms with van der Waals surface area (Å²) >= 11 is 5.88. The number of likely N-dealkylation sites (N-methyl/N-ethyl adjacent to an activating group) is 1. The minimum absolute atomic E-state index is 0.0648. The number of likely N-dealkylation sites (tertiary alicyclic amines) is 1. The third-order valence-electron chi connectivity index (χ3n) is 4.92. The molecule has 3 nitrogen and oxygen atoms in total. The molecular weight excluding hydrogens is 334 g/mol. The summed E-state index contributed by atoms with van der Waals surface area (Å²) < 4.78 is 0. The summed E-state index contributed by atoms with van der Waals surface area (Å²) in [4.78, 5) is 26.8. The number of ketones is 1. The number of nitrogens with zero attached hydrogens (tertiary/aromatic N) is 1. The first-order valence-electron chi connectivity index (χ1n) is 8.51. The summed E-state index contributed by atoms with van der Waals surface area (Å²) in [5.41, 5.74) is 3.25. The van der Waals surface area contributed by atoms with Crippen LogP contribution in [0.3, 0.4) is 0 Å². The number of amides is 1. The van der Waals surface area contributed by atoms with Crippen molar-refractivity contribution in [3.8, 4) is 0 Å². The molecule has 0 unspecified atom stereocenters. The molecule has 0 aliphatic carbocycles. The topological polar surface area (TPSA) is 37.4 Å². The van der Waals surface area contributed by atoms with Gasteiger partial charge in [-0.25, -0.2) is 0 Å². The lowest BCUT2D eigenvalue weighted by atomic mass is 9.84. The second-order valence-electron chi connectivity index (χ2n) is 6.89. The zero-order valence-electron chi connectivity index (χ0n) is 14.5. The van der Waals surface area contributed by atoms with E-state index in [2.05, 4.69) is 24.3 Å². The van der Waals surface area contributed by atoms with Crippen molar-refractivity contribution in [1.82, 2.24) is 4.90 Å². The first kappa shape index (κ1) is 17.7. The molecule has 0 radical (unpaired) electrons. The SMILES string of the molecule is Cc1ccc([C@H]2CN(C)C(=O)[C@@H]2CC(=O)Cc2ccc(Cl)cc2)cc1. The lowest BCUT2D eigenvalue weighted by Crippen LogP contribution is -2.24. The highest BCUT2D eigenvalue weighted by Crippen LogP contribution is 2.35. The van der Waals surface area contributed by atoms with Gasteiger partial charge < -0.3 is 4.90 Å². The first-order chi connectivity index (χ1) is 11.9. The fraction of sp³-hybridized carbons (Fsp3) is 0.333. The van der Waals surface area contributed by atoms with Gasteiger partial charge in [0.05, 0.1) is 5.92 Å². The predicted molar refractivity (Wildman–Crippen MR) is 99.8 cm³/mol. The molecule has 2 aromatic carbocycles. The molecule has 3 rings (SSSR count). The van der Waals surface area contributed by atoms with Crippen LogP contribution in [-0.2, 0) is 16.0 Å². The Balaban J connectivity index is 1.73. The fourth-order valence-electron chi connectivity index (χ4n) is 3.50. The van der Waals surface area contributed by atoms with E-state index in [1.165, 1.54) is 5.56 Å². The van der Waals surface area contributed by atoms with E-state index in [0.29, 0.717) is 18.0 Å². The van der Waals surface area contributed by atoms with E-state index in [1.54, 1.807) is 17.0 Å². The van der Waals surface area contributed by atoms with Crippen molar-refractivity contribution in [1.29, 1.82) is 0 Å². The molecule has 2 atom stereocenters. The standard InChI is InChI=1S/C21H22ClNO2/c1-14-3-7-16(8-4-14)20-13-23(2)21(25)19(20)12-18(24)11-15-5-9-17(22)10-6-15/h3-10,19-20H,11-13H2,1-2H3/t19-,20-/m1/s1. The van der Waals surface area contributed by atoms with E-state index in [4.69, 9.17) is 11.6 Å². The van der Waals surface area contributed by atoms with Gasteiger partial charge in [0.25, 0.3) is 0 Å². The summed E-state index contributed by atoms with van der Waals surface area (Å²) in [7, 11) is 1.81. The Bertz CT molecular complexity index is 767. The Morgan fingerprint density at radius 3 is 2.40 bits per heavy atom. The quantitative estimate of drug-likeness (QED) is 0.812. The molecule has 0 aromatic heterocycles. The average molecular weight is 356 g/mol. The minimum Gasteiger partial charge on any atom is -0.345 e. The van der Waals surface area contributed by atoms with Crippen LogP contribution in [0.25, 0.3) is 0 Å². The zero-order chi connectivity index (χ0) is 18.0. The molecule has 1 aliphatic rings. The lowest BCUT2D eigenvalue weighted by molar-refractivity contribution is -0.132. The van der Waals surface area contributed by atoms with Gasteiger partial charge in [-0.2, -0.15) is 0 Å². The smallest absolute Gasteiger partial charge is 0.226 e. The Kier molecular flexibility index (Phi) is 5.24. The number of carbonyl (C=O) groups is 2. The number of rotatable bonds is 5. The van der Waals surface area contributed by atoms with E-state index in [1.807, 2.05) is 26.1 Å². The second-order valence-corrected chi connectivity index (χ2v) is 7.32. The summed E-state index contributed by atoms with van der Waals surface area (Å²) in [6.45, 7) is 2.71. The Labute approximate surface area is 153 Å². The van der Waals surface area contributed by atoms with Crippen molar-refractivity contribution in [3.05, 3.63) is 70.2 Å². The van der Waals surface area contributed by atoms with E-state index in [-0.39, 0.29) is 29.9 Å². The van der Waals surface area contributed by atoms with Crippen molar-refractivity contribution in [2.45, 2.75) is 25.7 Å². The maximum Gasteiger partial charge on any atom is 0.226 e. The van der Waals surface area contributed by atoms with Gasteiger partial charge in [0.2, 0.25) is 5.91 Å². The van der Waals surface area contributed by atoms with Crippen molar-refractivity contribution < 1.29 is 9.59 Å². The number of aryl methyl sites for hydroxylation is 1. The predicted octanol–water partition coefficient (Wildman–Crippen LogP) is 4.02. The van der Waals surface area contributed by atoms with Crippen LogP contribution in [0.2, 0.25) is 5.02 Å². The van der Waals surface area contributed by atoms with Crippen molar-refractivity contribution in [3.63, 3.8) is 0 Å². The normalized spacial score (nSPS) is 20.1. The molecule has 1 heterocycles. The highest BCUT2D eigenvalue weighted by atomic mass is 35.5. The van der Waals surface area contributed by atoms with E-state index in [0.717, 1.165) is 11.1 Å². The molecule has 1 saturated heterocycles. The van der Waals surface area contributed by atoms with E-state index in [9.17, 15) is 9.59 Å². The third-order valence-corrected chi connectivity index (χ3v) is 5.17. The number of halogens is 1. The molecule has 1 fully saturated rings. The Hall–Kier alpha value is -2.13. The van der Waals surface area contributed by atoms with Crippen LogP contribution in [0.1, 0.15) is 29.0 Å². The molecule has 0 bridgehead atoms. The lowest BCUT2D eigenvalue weighted by Gasteiger charge is -2.17. The number of carbonyl (C=O) groups excluding carboxylic acids is 2. The fourth-order valence-corrected chi connectivity index (χ4v) is 3.62. The molecule has 0 N–H and O–H groups in total. The molecule has 0 saturated carbocycles. The van der Waals surface area contributed by atoms with Crippen LogP contribution < -0.4 is 0 Å². The van der Waals surface area contributed by atoms with Gasteiger partial charge in [0.1, 0.15) is 5.78 Å². The van der Waals surface area contributed by atoms with Gasteiger partial charge in [0.15, 0.2) is 0 Å². The first-order valence-corrected chi connectivity index (χ1v) is 8.89. The van der Waals surface area contributed by atoms with Crippen LogP contribution in [0.4, 0.5) is 0 Å². The van der Waals surface area contributed by atoms with Crippen LogP contribution >= 0.6 is 11.6 Å². The average Bonchev–Trinajstić information content (AvgIpc) is 2.86. The minimum atomic E-state index is -0.271. The molecule has 0 spiro atoms. The molecule has 25 heavy (non-hydrogen) atoms. The zero-order valence-corrected chi connectivity index (χ0v) is 15.3.